The molecule has 0 aliphatic carbocycles. The Morgan fingerprint density at radius 3 is 2.05 bits per heavy atom. The van der Waals surface area contributed by atoms with Crippen molar-refractivity contribution < 1.29 is 18.0 Å². The molecule has 3 aromatic rings. The third kappa shape index (κ3) is 8.27. The molecule has 1 N–H and O–H groups in total. The Morgan fingerprint density at radius 1 is 0.875 bits per heavy atom. The molecule has 40 heavy (non-hydrogen) atoms. The molecule has 3 aromatic carbocycles. The Kier molecular flexibility index (Phi) is 10.4. The number of nitrogens with one attached hydrogen (secondary N) is 1. The first-order valence-electron chi connectivity index (χ1n) is 12.2. The van der Waals surface area contributed by atoms with Gasteiger partial charge in [0.25, 0.3) is 10.0 Å². The number of carbonyl (C=O) groups is 2. The summed E-state index contributed by atoms with van der Waals surface area (Å²) in [6.45, 7) is 6.33. The molecule has 0 saturated heterocycles. The van der Waals surface area contributed by atoms with Gasteiger partial charge in [0.15, 0.2) is 0 Å². The molecule has 0 saturated carbocycles. The van der Waals surface area contributed by atoms with Gasteiger partial charge in [-0.2, -0.15) is 0 Å². The Morgan fingerprint density at radius 2 is 1.48 bits per heavy atom. The van der Waals surface area contributed by atoms with E-state index in [0.717, 1.165) is 4.31 Å². The van der Waals surface area contributed by atoms with Crippen molar-refractivity contribution in [3.8, 4) is 0 Å². The molecule has 214 valence electrons. The lowest BCUT2D eigenvalue weighted by molar-refractivity contribution is -0.140. The number of amides is 2. The molecule has 2 amide bonds. The number of hydrogen-bond donors (Lipinski definition) is 1. The minimum absolute atomic E-state index is 0.0715. The van der Waals surface area contributed by atoms with Crippen molar-refractivity contribution in [3.63, 3.8) is 0 Å². The third-order valence-electron chi connectivity index (χ3n) is 5.80. The highest BCUT2D eigenvalue weighted by Crippen LogP contribution is 2.28. The van der Waals surface area contributed by atoms with E-state index in [1.807, 2.05) is 20.8 Å². The van der Waals surface area contributed by atoms with Crippen LogP contribution in [0.25, 0.3) is 0 Å². The lowest BCUT2D eigenvalue weighted by Crippen LogP contribution is -2.54. The van der Waals surface area contributed by atoms with Crippen LogP contribution in [0.3, 0.4) is 0 Å². The van der Waals surface area contributed by atoms with Crippen molar-refractivity contribution >= 4 is 73.9 Å². The average molecular weight is 645 g/mol. The summed E-state index contributed by atoms with van der Waals surface area (Å²) in [5.74, 6) is -1.05. The van der Waals surface area contributed by atoms with Gasteiger partial charge in [-0.25, -0.2) is 8.42 Å². The van der Waals surface area contributed by atoms with Gasteiger partial charge in [0.05, 0.1) is 10.6 Å². The van der Waals surface area contributed by atoms with Crippen LogP contribution in [0.4, 0.5) is 5.69 Å². The molecule has 0 heterocycles. The number of sulfonamides is 1. The summed E-state index contributed by atoms with van der Waals surface area (Å²) in [5, 5.41) is 4.21. The van der Waals surface area contributed by atoms with Gasteiger partial charge < -0.3 is 10.2 Å². The molecule has 1 atom stereocenters. The smallest absolute Gasteiger partial charge is 0.264 e. The number of rotatable bonds is 9. The van der Waals surface area contributed by atoms with Crippen LogP contribution >= 0.6 is 46.4 Å². The summed E-state index contributed by atoms with van der Waals surface area (Å²) in [7, 11) is -4.25. The second-order valence-electron chi connectivity index (χ2n) is 10.1. The Bertz CT molecular complexity index is 1490. The molecule has 0 unspecified atom stereocenters. The molecule has 0 aromatic heterocycles. The fourth-order valence-electron chi connectivity index (χ4n) is 3.78. The Labute approximate surface area is 255 Å². The fraction of sp³-hybridized carbons (Fsp3) is 0.286. The van der Waals surface area contributed by atoms with Crippen molar-refractivity contribution in [2.75, 3.05) is 10.8 Å². The van der Waals surface area contributed by atoms with Crippen LogP contribution in [0.2, 0.25) is 20.1 Å². The van der Waals surface area contributed by atoms with E-state index in [-0.39, 0.29) is 22.2 Å². The van der Waals surface area contributed by atoms with Gasteiger partial charge in [-0.3, -0.25) is 13.9 Å². The maximum Gasteiger partial charge on any atom is 0.264 e. The molecule has 0 aliphatic rings. The predicted molar refractivity (Wildman–Crippen MR) is 162 cm³/mol. The molecule has 0 bridgehead atoms. The largest absolute Gasteiger partial charge is 0.350 e. The van der Waals surface area contributed by atoms with E-state index < -0.39 is 40.0 Å². The van der Waals surface area contributed by atoms with Crippen LogP contribution in [0.5, 0.6) is 0 Å². The van der Waals surface area contributed by atoms with Gasteiger partial charge in [-0.05, 0) is 87.9 Å². The van der Waals surface area contributed by atoms with Gasteiger partial charge in [0.1, 0.15) is 12.6 Å². The normalized spacial score (nSPS) is 12.5. The van der Waals surface area contributed by atoms with Crippen molar-refractivity contribution in [1.82, 2.24) is 10.2 Å². The van der Waals surface area contributed by atoms with Gasteiger partial charge in [0, 0.05) is 32.2 Å². The molecule has 0 spiro atoms. The zero-order valence-corrected chi connectivity index (χ0v) is 26.1. The van der Waals surface area contributed by atoms with Crippen LogP contribution in [-0.2, 0) is 26.2 Å². The van der Waals surface area contributed by atoms with E-state index >= 15 is 0 Å². The first-order valence-corrected chi connectivity index (χ1v) is 15.1. The standard InChI is InChI=1S/C28H29Cl4N3O4S/c1-18(27(37)33-28(2,3)4)34(16-19-8-9-22(31)15-25(19)32)26(36)17-35(23-7-5-6-21(30)14-23)40(38,39)24-12-10-20(29)11-13-24/h5-15,18H,16-17H2,1-4H3,(H,33,37)/t18-/m1/s1. The second kappa shape index (κ2) is 13.0. The number of hydrogen-bond acceptors (Lipinski definition) is 4. The van der Waals surface area contributed by atoms with E-state index in [2.05, 4.69) is 5.32 Å². The zero-order valence-electron chi connectivity index (χ0n) is 22.3. The summed E-state index contributed by atoms with van der Waals surface area (Å²) >= 11 is 24.6. The van der Waals surface area contributed by atoms with Crippen LogP contribution in [-0.4, -0.2) is 43.3 Å². The van der Waals surface area contributed by atoms with Crippen LogP contribution in [0.15, 0.2) is 71.6 Å². The molecule has 0 aliphatic heterocycles. The first kappa shape index (κ1) is 32.0. The zero-order chi connectivity index (χ0) is 29.8. The number of nitrogens with zero attached hydrogens (tertiary/aromatic N) is 2. The van der Waals surface area contributed by atoms with Crippen LogP contribution < -0.4 is 9.62 Å². The predicted octanol–water partition coefficient (Wildman–Crippen LogP) is 6.83. The highest BCUT2D eigenvalue weighted by atomic mass is 35.5. The number of benzene rings is 3. The minimum atomic E-state index is -4.25. The van der Waals surface area contributed by atoms with E-state index in [4.69, 9.17) is 46.4 Å². The third-order valence-corrected chi connectivity index (χ3v) is 8.66. The van der Waals surface area contributed by atoms with E-state index in [0.29, 0.717) is 20.6 Å². The monoisotopic (exact) mass is 643 g/mol. The summed E-state index contributed by atoms with van der Waals surface area (Å²) in [6, 6.07) is 15.6. The molecular weight excluding hydrogens is 616 g/mol. The fourth-order valence-corrected chi connectivity index (χ4v) is 5.97. The summed E-state index contributed by atoms with van der Waals surface area (Å²) in [6.07, 6.45) is 0. The Balaban J connectivity index is 2.06. The lowest BCUT2D eigenvalue weighted by atomic mass is 10.1. The molecule has 0 radical (unpaired) electrons. The highest BCUT2D eigenvalue weighted by molar-refractivity contribution is 7.92. The molecule has 7 nitrogen and oxygen atoms in total. The van der Waals surface area contributed by atoms with Gasteiger partial charge in [0.2, 0.25) is 11.8 Å². The van der Waals surface area contributed by atoms with Crippen LogP contribution in [0.1, 0.15) is 33.3 Å². The molecular formula is C28H29Cl4N3O4S. The average Bonchev–Trinajstić information content (AvgIpc) is 2.85. The van der Waals surface area contributed by atoms with Gasteiger partial charge in [-0.1, -0.05) is 58.5 Å². The topological polar surface area (TPSA) is 86.8 Å². The van der Waals surface area contributed by atoms with E-state index in [9.17, 15) is 18.0 Å². The van der Waals surface area contributed by atoms with E-state index in [1.54, 1.807) is 31.2 Å². The molecule has 0 fully saturated rings. The maximum absolute atomic E-state index is 14.0. The summed E-state index contributed by atoms with van der Waals surface area (Å²) in [4.78, 5) is 28.3. The summed E-state index contributed by atoms with van der Waals surface area (Å²) < 4.78 is 28.6. The lowest BCUT2D eigenvalue weighted by Gasteiger charge is -2.33. The quantitative estimate of drug-likeness (QED) is 0.277. The highest BCUT2D eigenvalue weighted by Gasteiger charge is 2.33. The molecule has 12 heteroatoms. The number of carbonyl (C=O) groups excluding carboxylic acids is 2. The number of anilines is 1. The van der Waals surface area contributed by atoms with Gasteiger partial charge in [-0.15, -0.1) is 0 Å². The minimum Gasteiger partial charge on any atom is -0.350 e. The van der Waals surface area contributed by atoms with Crippen molar-refractivity contribution in [2.24, 2.45) is 0 Å². The second-order valence-corrected chi connectivity index (χ2v) is 13.7. The van der Waals surface area contributed by atoms with Gasteiger partial charge >= 0.3 is 0 Å². The van der Waals surface area contributed by atoms with E-state index in [1.165, 1.54) is 47.4 Å². The van der Waals surface area contributed by atoms with Crippen LogP contribution in [0, 0.1) is 0 Å². The first-order chi connectivity index (χ1) is 18.6. The van der Waals surface area contributed by atoms with Crippen molar-refractivity contribution in [2.45, 2.75) is 50.7 Å². The SMILES string of the molecule is C[C@H](C(=O)NC(C)(C)C)N(Cc1ccc(Cl)cc1Cl)C(=O)CN(c1cccc(Cl)c1)S(=O)(=O)c1ccc(Cl)cc1. The number of halogens is 4. The van der Waals surface area contributed by atoms with Crippen molar-refractivity contribution in [3.05, 3.63) is 92.4 Å². The summed E-state index contributed by atoms with van der Waals surface area (Å²) in [5.41, 5.74) is 0.139. The molecule has 3 rings (SSSR count). The van der Waals surface area contributed by atoms with Crippen molar-refractivity contribution in [1.29, 1.82) is 0 Å². The Hall–Kier alpha value is -2.49. The maximum atomic E-state index is 14.0.